The van der Waals surface area contributed by atoms with Crippen LogP contribution < -0.4 is 4.74 Å². The number of likely N-dealkylation sites (tertiary alicyclic amines) is 1. The molecule has 2 heterocycles. The highest BCUT2D eigenvalue weighted by Crippen LogP contribution is 2.26. The van der Waals surface area contributed by atoms with E-state index in [1.807, 2.05) is 16.3 Å². The fraction of sp³-hybridized carbons (Fsp3) is 0.615. The third-order valence-corrected chi connectivity index (χ3v) is 4.59. The Morgan fingerprint density at radius 3 is 3.06 bits per heavy atom. The molecule has 1 unspecified atom stereocenters. The molecule has 0 radical (unpaired) electrons. The van der Waals surface area contributed by atoms with Crippen LogP contribution in [0.15, 0.2) is 11.4 Å². The van der Waals surface area contributed by atoms with Gasteiger partial charge in [0.2, 0.25) is 0 Å². The van der Waals surface area contributed by atoms with Gasteiger partial charge in [0.05, 0.1) is 12.0 Å². The van der Waals surface area contributed by atoms with Crippen molar-refractivity contribution >= 4 is 28.8 Å². The molecule has 0 aromatic carbocycles. The lowest BCUT2D eigenvalue weighted by Gasteiger charge is -2.28. The summed E-state index contributed by atoms with van der Waals surface area (Å²) in [6, 6.07) is 1.98. The number of alkyl halides is 1. The molecule has 2 rings (SSSR count). The maximum atomic E-state index is 12.5. The van der Waals surface area contributed by atoms with Crippen LogP contribution in [-0.4, -0.2) is 36.4 Å². The van der Waals surface area contributed by atoms with E-state index < -0.39 is 0 Å². The molecule has 1 aliphatic heterocycles. The third kappa shape index (κ3) is 2.98. The number of ether oxygens (including phenoxy) is 1. The van der Waals surface area contributed by atoms with Gasteiger partial charge in [-0.1, -0.05) is 12.8 Å². The summed E-state index contributed by atoms with van der Waals surface area (Å²) >= 11 is 7.43. The zero-order chi connectivity index (χ0) is 13.0. The molecule has 1 saturated heterocycles. The van der Waals surface area contributed by atoms with Gasteiger partial charge in [0.15, 0.2) is 0 Å². The Labute approximate surface area is 117 Å². The molecule has 0 spiro atoms. The van der Waals surface area contributed by atoms with Gasteiger partial charge in [0, 0.05) is 29.9 Å². The Balaban J connectivity index is 2.14. The third-order valence-electron chi connectivity index (χ3n) is 3.34. The minimum absolute atomic E-state index is 0.0934. The highest BCUT2D eigenvalue weighted by atomic mass is 35.5. The molecule has 1 atom stereocenters. The highest BCUT2D eigenvalue weighted by molar-refractivity contribution is 7.12. The van der Waals surface area contributed by atoms with Gasteiger partial charge in [0.1, 0.15) is 5.75 Å². The first-order valence-electron chi connectivity index (χ1n) is 6.25. The molecule has 1 aromatic heterocycles. The monoisotopic (exact) mass is 287 g/mol. The smallest absolute Gasteiger partial charge is 0.264 e. The number of rotatable bonds is 3. The van der Waals surface area contributed by atoms with Gasteiger partial charge >= 0.3 is 0 Å². The second-order valence-corrected chi connectivity index (χ2v) is 5.73. The van der Waals surface area contributed by atoms with Crippen LogP contribution in [0.25, 0.3) is 0 Å². The Morgan fingerprint density at radius 1 is 1.56 bits per heavy atom. The predicted molar refractivity (Wildman–Crippen MR) is 74.9 cm³/mol. The average molecular weight is 288 g/mol. The fourth-order valence-corrected chi connectivity index (χ4v) is 3.42. The van der Waals surface area contributed by atoms with Crippen LogP contribution in [0.3, 0.4) is 0 Å². The molecule has 0 saturated carbocycles. The maximum absolute atomic E-state index is 12.5. The summed E-state index contributed by atoms with van der Waals surface area (Å²) in [4.78, 5) is 15.1. The molecule has 100 valence electrons. The van der Waals surface area contributed by atoms with Crippen LogP contribution >= 0.6 is 22.9 Å². The van der Waals surface area contributed by atoms with E-state index in [1.165, 1.54) is 17.8 Å². The van der Waals surface area contributed by atoms with Gasteiger partial charge in [0.25, 0.3) is 5.91 Å². The fourth-order valence-electron chi connectivity index (χ4n) is 2.28. The quantitative estimate of drug-likeness (QED) is 0.798. The second-order valence-electron chi connectivity index (χ2n) is 4.51. The summed E-state index contributed by atoms with van der Waals surface area (Å²) < 4.78 is 5.12. The van der Waals surface area contributed by atoms with Crippen LogP contribution in [0.1, 0.15) is 35.4 Å². The number of halogens is 1. The molecule has 0 N–H and O–H groups in total. The largest absolute Gasteiger partial charge is 0.496 e. The van der Waals surface area contributed by atoms with Gasteiger partial charge in [-0.15, -0.1) is 22.9 Å². The molecular formula is C13H18ClNO2S. The van der Waals surface area contributed by atoms with E-state index in [9.17, 15) is 4.79 Å². The van der Waals surface area contributed by atoms with Crippen molar-refractivity contribution in [3.63, 3.8) is 0 Å². The van der Waals surface area contributed by atoms with Crippen LogP contribution in [0.2, 0.25) is 0 Å². The zero-order valence-corrected chi connectivity index (χ0v) is 12.1. The Morgan fingerprint density at radius 2 is 2.39 bits per heavy atom. The number of methoxy groups -OCH3 is 1. The Hall–Kier alpha value is -0.740. The molecule has 1 aliphatic rings. The van der Waals surface area contributed by atoms with Crippen molar-refractivity contribution in [3.8, 4) is 5.75 Å². The van der Waals surface area contributed by atoms with Crippen LogP contribution in [0, 0.1) is 0 Å². The Kier molecular flexibility index (Phi) is 4.89. The zero-order valence-electron chi connectivity index (χ0n) is 10.5. The minimum atomic E-state index is 0.0934. The molecule has 0 aliphatic carbocycles. The number of hydrogen-bond donors (Lipinski definition) is 0. The lowest BCUT2D eigenvalue weighted by atomic mass is 10.1. The summed E-state index contributed by atoms with van der Waals surface area (Å²) in [6.45, 7) is 0.816. The van der Waals surface area contributed by atoms with Gasteiger partial charge < -0.3 is 9.64 Å². The second kappa shape index (κ2) is 6.43. The molecule has 3 nitrogen and oxygen atoms in total. The molecule has 1 aromatic rings. The number of carbonyl (C=O) groups is 1. The molecule has 18 heavy (non-hydrogen) atoms. The normalized spacial score (nSPS) is 20.6. The number of nitrogens with zero attached hydrogens (tertiary/aromatic N) is 1. The number of hydrogen-bond acceptors (Lipinski definition) is 3. The number of thiophene rings is 1. The summed E-state index contributed by atoms with van der Waals surface area (Å²) in [7, 11) is 1.61. The molecule has 1 amide bonds. The molecule has 0 bridgehead atoms. The van der Waals surface area contributed by atoms with E-state index in [2.05, 4.69) is 0 Å². The molecule has 1 fully saturated rings. The van der Waals surface area contributed by atoms with Crippen molar-refractivity contribution in [2.75, 3.05) is 19.5 Å². The first-order valence-corrected chi connectivity index (χ1v) is 7.67. The van der Waals surface area contributed by atoms with E-state index in [0.717, 1.165) is 36.4 Å². The standard InChI is InChI=1S/C13H18ClNO2S/c1-17-11-7-12(18-9-11)13(16)15-6-4-2-3-5-10(15)8-14/h7,9-10H,2-6,8H2,1H3. The first-order chi connectivity index (χ1) is 8.76. The van der Waals surface area contributed by atoms with E-state index in [-0.39, 0.29) is 11.9 Å². The SMILES string of the molecule is COc1csc(C(=O)N2CCCCCC2CCl)c1. The van der Waals surface area contributed by atoms with E-state index in [1.54, 1.807) is 7.11 Å². The van der Waals surface area contributed by atoms with E-state index >= 15 is 0 Å². The number of amides is 1. The summed E-state index contributed by atoms with van der Waals surface area (Å²) in [5.41, 5.74) is 0. The predicted octanol–water partition coefficient (Wildman–Crippen LogP) is 3.38. The van der Waals surface area contributed by atoms with Crippen LogP contribution in [0.4, 0.5) is 0 Å². The summed E-state index contributed by atoms with van der Waals surface area (Å²) in [5.74, 6) is 1.37. The first kappa shape index (κ1) is 13.7. The van der Waals surface area contributed by atoms with Crippen LogP contribution in [0.5, 0.6) is 5.75 Å². The summed E-state index contributed by atoms with van der Waals surface area (Å²) in [6.07, 6.45) is 4.43. The van der Waals surface area contributed by atoms with Crippen molar-refractivity contribution < 1.29 is 9.53 Å². The molecular weight excluding hydrogens is 270 g/mol. The van der Waals surface area contributed by atoms with Crippen molar-refractivity contribution in [3.05, 3.63) is 16.3 Å². The van der Waals surface area contributed by atoms with Crippen LogP contribution in [-0.2, 0) is 0 Å². The highest BCUT2D eigenvalue weighted by Gasteiger charge is 2.26. The Bertz CT molecular complexity index is 407. The topological polar surface area (TPSA) is 29.5 Å². The average Bonchev–Trinajstić information content (AvgIpc) is 2.75. The van der Waals surface area contributed by atoms with E-state index in [0.29, 0.717) is 5.88 Å². The van der Waals surface area contributed by atoms with E-state index in [4.69, 9.17) is 16.3 Å². The summed E-state index contributed by atoms with van der Waals surface area (Å²) in [5, 5.41) is 1.86. The van der Waals surface area contributed by atoms with Gasteiger partial charge in [-0.2, -0.15) is 0 Å². The van der Waals surface area contributed by atoms with Crippen molar-refractivity contribution in [1.82, 2.24) is 4.90 Å². The number of carbonyl (C=O) groups excluding carboxylic acids is 1. The van der Waals surface area contributed by atoms with Gasteiger partial charge in [-0.3, -0.25) is 4.79 Å². The van der Waals surface area contributed by atoms with Crippen molar-refractivity contribution in [1.29, 1.82) is 0 Å². The van der Waals surface area contributed by atoms with Crippen molar-refractivity contribution in [2.45, 2.75) is 31.7 Å². The van der Waals surface area contributed by atoms with Gasteiger partial charge in [-0.05, 0) is 12.8 Å². The lowest BCUT2D eigenvalue weighted by Crippen LogP contribution is -2.40. The lowest BCUT2D eigenvalue weighted by molar-refractivity contribution is 0.0705. The van der Waals surface area contributed by atoms with Crippen molar-refractivity contribution in [2.24, 2.45) is 0 Å². The molecule has 5 heteroatoms. The maximum Gasteiger partial charge on any atom is 0.264 e. The van der Waals surface area contributed by atoms with Gasteiger partial charge in [-0.25, -0.2) is 0 Å². The minimum Gasteiger partial charge on any atom is -0.496 e.